The van der Waals surface area contributed by atoms with Crippen molar-refractivity contribution < 1.29 is 4.79 Å². The van der Waals surface area contributed by atoms with Gasteiger partial charge in [-0.3, -0.25) is 4.79 Å². The maximum Gasteiger partial charge on any atom is 0.258 e. The molecule has 0 heterocycles. The maximum atomic E-state index is 12.3. The van der Waals surface area contributed by atoms with Crippen LogP contribution in [0.25, 0.3) is 0 Å². The fraction of sp³-hybridized carbons (Fsp3) is 0.0667. The molecular formula is C15H12ClN3O. The summed E-state index contributed by atoms with van der Waals surface area (Å²) < 4.78 is 0. The number of carbonyl (C=O) groups excluding carboxylic acids is 1. The van der Waals surface area contributed by atoms with Gasteiger partial charge in [-0.05, 0) is 36.8 Å². The highest BCUT2D eigenvalue weighted by Crippen LogP contribution is 2.25. The molecule has 4 nitrogen and oxygen atoms in total. The molecule has 0 aromatic heterocycles. The second-order valence-corrected chi connectivity index (χ2v) is 4.71. The van der Waals surface area contributed by atoms with E-state index in [1.807, 2.05) is 6.07 Å². The number of aryl methyl sites for hydroxylation is 1. The quantitative estimate of drug-likeness (QED) is 0.831. The van der Waals surface area contributed by atoms with Crippen molar-refractivity contribution in [3.8, 4) is 6.07 Å². The summed E-state index contributed by atoms with van der Waals surface area (Å²) in [5.41, 5.74) is 8.21. The molecule has 3 N–H and O–H groups in total. The third-order valence-corrected chi connectivity index (χ3v) is 3.21. The summed E-state index contributed by atoms with van der Waals surface area (Å²) in [4.78, 5) is 12.3. The molecule has 0 aliphatic rings. The van der Waals surface area contributed by atoms with Crippen LogP contribution in [0.2, 0.25) is 5.02 Å². The topological polar surface area (TPSA) is 78.9 Å². The van der Waals surface area contributed by atoms with Crippen molar-refractivity contribution in [2.24, 2.45) is 0 Å². The Morgan fingerprint density at radius 1 is 1.35 bits per heavy atom. The van der Waals surface area contributed by atoms with E-state index in [1.54, 1.807) is 37.3 Å². The number of amides is 1. The molecular weight excluding hydrogens is 274 g/mol. The van der Waals surface area contributed by atoms with Gasteiger partial charge in [0, 0.05) is 5.69 Å². The Bertz CT molecular complexity index is 699. The Labute approximate surface area is 121 Å². The molecule has 100 valence electrons. The fourth-order valence-corrected chi connectivity index (χ4v) is 2.04. The average molecular weight is 286 g/mol. The highest BCUT2D eigenvalue weighted by molar-refractivity contribution is 6.34. The summed E-state index contributed by atoms with van der Waals surface area (Å²) in [5, 5.41) is 11.9. The number of nitriles is 1. The van der Waals surface area contributed by atoms with Crippen molar-refractivity contribution in [3.05, 3.63) is 58.1 Å². The molecule has 0 aliphatic carbocycles. The summed E-state index contributed by atoms with van der Waals surface area (Å²) in [6.45, 7) is 1.80. The minimum atomic E-state index is -0.349. The molecule has 0 atom stereocenters. The predicted molar refractivity (Wildman–Crippen MR) is 79.7 cm³/mol. The van der Waals surface area contributed by atoms with E-state index in [1.165, 1.54) is 6.07 Å². The van der Waals surface area contributed by atoms with Crippen LogP contribution in [0.1, 0.15) is 21.5 Å². The van der Waals surface area contributed by atoms with Crippen LogP contribution in [0.4, 0.5) is 11.4 Å². The summed E-state index contributed by atoms with van der Waals surface area (Å²) in [6, 6.07) is 11.9. The van der Waals surface area contributed by atoms with Crippen molar-refractivity contribution in [2.45, 2.75) is 6.92 Å². The second kappa shape index (κ2) is 5.64. The van der Waals surface area contributed by atoms with Gasteiger partial charge in [-0.2, -0.15) is 5.26 Å². The largest absolute Gasteiger partial charge is 0.398 e. The van der Waals surface area contributed by atoms with Gasteiger partial charge >= 0.3 is 0 Å². The van der Waals surface area contributed by atoms with Gasteiger partial charge < -0.3 is 11.1 Å². The lowest BCUT2D eigenvalue weighted by atomic mass is 10.1. The first-order valence-corrected chi connectivity index (χ1v) is 6.27. The lowest BCUT2D eigenvalue weighted by Crippen LogP contribution is -2.16. The molecule has 0 unspecified atom stereocenters. The van der Waals surface area contributed by atoms with Crippen LogP contribution in [0.5, 0.6) is 0 Å². The van der Waals surface area contributed by atoms with Gasteiger partial charge in [0.2, 0.25) is 0 Å². The molecule has 2 rings (SSSR count). The van der Waals surface area contributed by atoms with E-state index in [4.69, 9.17) is 22.6 Å². The Kier molecular flexibility index (Phi) is 3.92. The highest BCUT2D eigenvalue weighted by Gasteiger charge is 2.14. The van der Waals surface area contributed by atoms with E-state index >= 15 is 0 Å². The molecule has 2 aromatic rings. The van der Waals surface area contributed by atoms with Crippen LogP contribution in [-0.2, 0) is 0 Å². The third kappa shape index (κ3) is 2.73. The SMILES string of the molecule is Cc1cccc(N)c1C(=O)Nc1cc(C#N)ccc1Cl. The molecule has 0 fully saturated rings. The van der Waals surface area contributed by atoms with E-state index in [2.05, 4.69) is 5.32 Å². The standard InChI is InChI=1S/C15H12ClN3O/c1-9-3-2-4-12(18)14(9)15(20)19-13-7-10(8-17)5-6-11(13)16/h2-7H,18H2,1H3,(H,19,20). The van der Waals surface area contributed by atoms with Gasteiger partial charge in [0.1, 0.15) is 0 Å². The number of hydrogen-bond donors (Lipinski definition) is 2. The summed E-state index contributed by atoms with van der Waals surface area (Å²) in [6.07, 6.45) is 0. The van der Waals surface area contributed by atoms with Gasteiger partial charge in [0.25, 0.3) is 5.91 Å². The lowest BCUT2D eigenvalue weighted by Gasteiger charge is -2.11. The van der Waals surface area contributed by atoms with Crippen LogP contribution in [-0.4, -0.2) is 5.91 Å². The summed E-state index contributed by atoms with van der Waals surface area (Å²) >= 11 is 6.01. The molecule has 0 aliphatic heterocycles. The zero-order valence-electron chi connectivity index (χ0n) is 10.8. The lowest BCUT2D eigenvalue weighted by molar-refractivity contribution is 0.102. The van der Waals surface area contributed by atoms with Gasteiger partial charge in [-0.25, -0.2) is 0 Å². The van der Waals surface area contributed by atoms with E-state index < -0.39 is 0 Å². The average Bonchev–Trinajstić information content (AvgIpc) is 2.41. The van der Waals surface area contributed by atoms with Crippen molar-refractivity contribution >= 4 is 28.9 Å². The number of anilines is 2. The van der Waals surface area contributed by atoms with Crippen molar-refractivity contribution in [2.75, 3.05) is 11.1 Å². The number of rotatable bonds is 2. The molecule has 0 spiro atoms. The van der Waals surface area contributed by atoms with Crippen molar-refractivity contribution in [3.63, 3.8) is 0 Å². The molecule has 0 bridgehead atoms. The first kappa shape index (κ1) is 13.9. The van der Waals surface area contributed by atoms with E-state index in [0.29, 0.717) is 27.5 Å². The van der Waals surface area contributed by atoms with Gasteiger partial charge in [-0.1, -0.05) is 23.7 Å². The summed E-state index contributed by atoms with van der Waals surface area (Å²) in [7, 11) is 0. The molecule has 20 heavy (non-hydrogen) atoms. The van der Waals surface area contributed by atoms with Crippen LogP contribution in [0, 0.1) is 18.3 Å². The Balaban J connectivity index is 2.36. The monoisotopic (exact) mass is 285 g/mol. The number of carbonyl (C=O) groups is 1. The number of nitrogens with zero attached hydrogens (tertiary/aromatic N) is 1. The Morgan fingerprint density at radius 2 is 2.10 bits per heavy atom. The first-order chi connectivity index (χ1) is 9.52. The van der Waals surface area contributed by atoms with Gasteiger partial charge in [0.15, 0.2) is 0 Å². The number of hydrogen-bond acceptors (Lipinski definition) is 3. The van der Waals surface area contributed by atoms with Crippen LogP contribution < -0.4 is 11.1 Å². The number of nitrogens with one attached hydrogen (secondary N) is 1. The van der Waals surface area contributed by atoms with Crippen molar-refractivity contribution in [1.82, 2.24) is 0 Å². The summed E-state index contributed by atoms with van der Waals surface area (Å²) in [5.74, 6) is -0.349. The highest BCUT2D eigenvalue weighted by atomic mass is 35.5. The van der Waals surface area contributed by atoms with Crippen LogP contribution in [0.3, 0.4) is 0 Å². The Hall–Kier alpha value is -2.51. The molecule has 0 saturated heterocycles. The van der Waals surface area contributed by atoms with Gasteiger partial charge in [-0.15, -0.1) is 0 Å². The van der Waals surface area contributed by atoms with E-state index in [-0.39, 0.29) is 5.91 Å². The number of nitrogen functional groups attached to an aromatic ring is 1. The minimum Gasteiger partial charge on any atom is -0.398 e. The first-order valence-electron chi connectivity index (χ1n) is 5.89. The zero-order chi connectivity index (χ0) is 14.7. The Morgan fingerprint density at radius 3 is 2.75 bits per heavy atom. The number of nitrogens with two attached hydrogens (primary N) is 1. The molecule has 5 heteroatoms. The van der Waals surface area contributed by atoms with Crippen molar-refractivity contribution in [1.29, 1.82) is 5.26 Å². The van der Waals surface area contributed by atoms with Crippen LogP contribution in [0.15, 0.2) is 36.4 Å². The molecule has 0 saturated carbocycles. The third-order valence-electron chi connectivity index (χ3n) is 2.88. The second-order valence-electron chi connectivity index (χ2n) is 4.30. The molecule has 0 radical (unpaired) electrons. The minimum absolute atomic E-state index is 0.349. The van der Waals surface area contributed by atoms with E-state index in [0.717, 1.165) is 5.56 Å². The predicted octanol–water partition coefficient (Wildman–Crippen LogP) is 3.35. The molecule has 1 amide bonds. The smallest absolute Gasteiger partial charge is 0.258 e. The molecule has 2 aromatic carbocycles. The van der Waals surface area contributed by atoms with Crippen LogP contribution >= 0.6 is 11.6 Å². The van der Waals surface area contributed by atoms with Gasteiger partial charge in [0.05, 0.1) is 27.9 Å². The normalized spacial score (nSPS) is 9.85. The number of halogens is 1. The maximum absolute atomic E-state index is 12.3. The zero-order valence-corrected chi connectivity index (χ0v) is 11.5. The fourth-order valence-electron chi connectivity index (χ4n) is 1.88. The number of benzene rings is 2. The van der Waals surface area contributed by atoms with E-state index in [9.17, 15) is 4.79 Å².